The van der Waals surface area contributed by atoms with Gasteiger partial charge >= 0.3 is 0 Å². The third-order valence-electron chi connectivity index (χ3n) is 6.30. The average molecular weight is 461 g/mol. The first-order valence-corrected chi connectivity index (χ1v) is 12.2. The summed E-state index contributed by atoms with van der Waals surface area (Å²) in [6.45, 7) is 9.46. The number of carbonyl (C=O) groups is 1. The fraction of sp³-hybridized carbons (Fsp3) is 0.320. The number of nitrogens with zero attached hydrogens (tertiary/aromatic N) is 5. The molecule has 1 aliphatic heterocycles. The fourth-order valence-corrected chi connectivity index (χ4v) is 5.14. The lowest BCUT2D eigenvalue weighted by Gasteiger charge is -2.35. The summed E-state index contributed by atoms with van der Waals surface area (Å²) in [6, 6.07) is 14.0. The Bertz CT molecular complexity index is 1270. The van der Waals surface area contributed by atoms with Crippen molar-refractivity contribution in [2.75, 3.05) is 42.9 Å². The van der Waals surface area contributed by atoms with Gasteiger partial charge in [0.1, 0.15) is 0 Å². The number of benzene rings is 1. The Morgan fingerprint density at radius 1 is 1.12 bits per heavy atom. The quantitative estimate of drug-likeness (QED) is 0.478. The van der Waals surface area contributed by atoms with E-state index in [1.807, 2.05) is 49.7 Å². The van der Waals surface area contributed by atoms with Gasteiger partial charge in [-0.1, -0.05) is 13.0 Å². The van der Waals surface area contributed by atoms with Crippen molar-refractivity contribution in [3.63, 3.8) is 0 Å². The number of aromatic nitrogens is 3. The number of amides is 1. The summed E-state index contributed by atoms with van der Waals surface area (Å²) < 4.78 is 1.74. The van der Waals surface area contributed by atoms with E-state index in [0.29, 0.717) is 11.2 Å². The Balaban J connectivity index is 1.40. The van der Waals surface area contributed by atoms with Gasteiger partial charge < -0.3 is 15.1 Å². The summed E-state index contributed by atoms with van der Waals surface area (Å²) >= 11 is 1.61. The van der Waals surface area contributed by atoms with Crippen LogP contribution < -0.4 is 10.2 Å². The van der Waals surface area contributed by atoms with Crippen molar-refractivity contribution in [2.24, 2.45) is 7.05 Å². The highest BCUT2D eigenvalue weighted by Crippen LogP contribution is 2.30. The molecule has 0 unspecified atom stereocenters. The second-order valence-corrected chi connectivity index (χ2v) is 9.31. The van der Waals surface area contributed by atoms with Crippen LogP contribution in [0.25, 0.3) is 21.6 Å². The smallest absolute Gasteiger partial charge is 0.256 e. The topological polar surface area (TPSA) is 66.3 Å². The van der Waals surface area contributed by atoms with Crippen LogP contribution in [0.1, 0.15) is 23.0 Å². The van der Waals surface area contributed by atoms with Gasteiger partial charge in [0.05, 0.1) is 27.2 Å². The molecule has 170 valence electrons. The number of anilines is 2. The number of piperazine rings is 1. The molecule has 0 atom stereocenters. The molecule has 0 spiro atoms. The molecular weight excluding hydrogens is 432 g/mol. The molecule has 1 fully saturated rings. The molecule has 1 N–H and O–H groups in total. The lowest BCUT2D eigenvalue weighted by molar-refractivity contribution is 0.102. The van der Waals surface area contributed by atoms with Crippen molar-refractivity contribution < 1.29 is 4.79 Å². The second-order valence-electron chi connectivity index (χ2n) is 8.36. The van der Waals surface area contributed by atoms with Gasteiger partial charge in [-0.05, 0) is 55.2 Å². The maximum Gasteiger partial charge on any atom is 0.256 e. The number of nitrogens with one attached hydrogen (secondary N) is 1. The highest BCUT2D eigenvalue weighted by atomic mass is 32.1. The van der Waals surface area contributed by atoms with Crippen LogP contribution in [0.3, 0.4) is 0 Å². The molecule has 0 saturated carbocycles. The van der Waals surface area contributed by atoms with E-state index in [-0.39, 0.29) is 5.91 Å². The van der Waals surface area contributed by atoms with Crippen molar-refractivity contribution in [3.05, 3.63) is 59.1 Å². The van der Waals surface area contributed by atoms with Crippen LogP contribution in [0.4, 0.5) is 11.4 Å². The van der Waals surface area contributed by atoms with Crippen molar-refractivity contribution in [1.29, 1.82) is 0 Å². The normalized spacial score (nSPS) is 14.7. The van der Waals surface area contributed by atoms with E-state index in [1.165, 1.54) is 5.69 Å². The van der Waals surface area contributed by atoms with Gasteiger partial charge in [-0.2, -0.15) is 5.10 Å². The van der Waals surface area contributed by atoms with Gasteiger partial charge in [0, 0.05) is 44.6 Å². The zero-order chi connectivity index (χ0) is 22.9. The minimum absolute atomic E-state index is 0.152. The van der Waals surface area contributed by atoms with Crippen LogP contribution in [0.15, 0.2) is 47.8 Å². The molecule has 1 aromatic carbocycles. The van der Waals surface area contributed by atoms with Gasteiger partial charge in [-0.15, -0.1) is 11.3 Å². The first-order chi connectivity index (χ1) is 16.0. The molecule has 1 amide bonds. The zero-order valence-corrected chi connectivity index (χ0v) is 20.0. The molecule has 33 heavy (non-hydrogen) atoms. The molecule has 0 bridgehead atoms. The Morgan fingerprint density at radius 2 is 1.88 bits per heavy atom. The number of likely N-dealkylation sites (N-methyl/N-ethyl adjacent to an activating group) is 1. The number of hydrogen-bond acceptors (Lipinski definition) is 6. The maximum absolute atomic E-state index is 13.4. The van der Waals surface area contributed by atoms with Gasteiger partial charge in [0.2, 0.25) is 0 Å². The van der Waals surface area contributed by atoms with Crippen LogP contribution in [-0.2, 0) is 7.05 Å². The highest BCUT2D eigenvalue weighted by molar-refractivity contribution is 7.13. The third kappa shape index (κ3) is 4.24. The standard InChI is InChI=1S/C25H28N6OS/c1-4-30-11-13-31(14-12-30)19-9-7-18(8-10-19)26-25(32)20-16-21(22-6-5-15-33-22)27-24-23(20)17(2)28-29(24)3/h5-10,15-16H,4,11-14H2,1-3H3,(H,26,32). The predicted molar refractivity (Wildman–Crippen MR) is 135 cm³/mol. The minimum Gasteiger partial charge on any atom is -0.369 e. The Labute approximate surface area is 197 Å². The van der Waals surface area contributed by atoms with Gasteiger partial charge in [0.15, 0.2) is 5.65 Å². The molecule has 0 aliphatic carbocycles. The van der Waals surface area contributed by atoms with Crippen LogP contribution in [-0.4, -0.2) is 58.3 Å². The lowest BCUT2D eigenvalue weighted by Crippen LogP contribution is -2.46. The van der Waals surface area contributed by atoms with Crippen molar-refractivity contribution >= 4 is 39.7 Å². The number of rotatable bonds is 5. The first-order valence-electron chi connectivity index (χ1n) is 11.3. The Hall–Kier alpha value is -3.23. The molecule has 8 heteroatoms. The third-order valence-corrected chi connectivity index (χ3v) is 7.19. The fourth-order valence-electron chi connectivity index (χ4n) is 4.45. The molecular formula is C25H28N6OS. The summed E-state index contributed by atoms with van der Waals surface area (Å²) in [5.74, 6) is -0.152. The molecule has 4 aromatic rings. The van der Waals surface area contributed by atoms with Crippen molar-refractivity contribution in [1.82, 2.24) is 19.7 Å². The van der Waals surface area contributed by atoms with Gasteiger partial charge in [-0.3, -0.25) is 9.48 Å². The van der Waals surface area contributed by atoms with E-state index in [2.05, 4.69) is 39.3 Å². The number of fused-ring (bicyclic) bond motifs is 1. The maximum atomic E-state index is 13.4. The monoisotopic (exact) mass is 460 g/mol. The molecule has 1 aliphatic rings. The highest BCUT2D eigenvalue weighted by Gasteiger charge is 2.20. The molecule has 5 rings (SSSR count). The minimum atomic E-state index is -0.152. The summed E-state index contributed by atoms with van der Waals surface area (Å²) in [7, 11) is 1.86. The average Bonchev–Trinajstić information content (AvgIpc) is 3.48. The number of pyridine rings is 1. The van der Waals surface area contributed by atoms with E-state index in [0.717, 1.165) is 60.1 Å². The number of hydrogen-bond donors (Lipinski definition) is 1. The van der Waals surface area contributed by atoms with E-state index < -0.39 is 0 Å². The summed E-state index contributed by atoms with van der Waals surface area (Å²) in [4.78, 5) is 24.1. The summed E-state index contributed by atoms with van der Waals surface area (Å²) in [6.07, 6.45) is 0. The van der Waals surface area contributed by atoms with E-state index in [1.54, 1.807) is 16.0 Å². The van der Waals surface area contributed by atoms with E-state index >= 15 is 0 Å². The molecule has 0 radical (unpaired) electrons. The van der Waals surface area contributed by atoms with Crippen LogP contribution in [0.5, 0.6) is 0 Å². The van der Waals surface area contributed by atoms with Crippen molar-refractivity contribution in [3.8, 4) is 10.6 Å². The predicted octanol–water partition coefficient (Wildman–Crippen LogP) is 4.40. The number of thiophene rings is 1. The SMILES string of the molecule is CCN1CCN(c2ccc(NC(=O)c3cc(-c4cccs4)nc4c3c(C)nn4C)cc2)CC1. The van der Waals surface area contributed by atoms with Crippen LogP contribution in [0, 0.1) is 6.92 Å². The Kier molecular flexibility index (Phi) is 5.86. The second kappa shape index (κ2) is 8.96. The van der Waals surface area contributed by atoms with Crippen molar-refractivity contribution in [2.45, 2.75) is 13.8 Å². The molecule has 3 aromatic heterocycles. The van der Waals surface area contributed by atoms with E-state index in [9.17, 15) is 4.79 Å². The van der Waals surface area contributed by atoms with Gasteiger partial charge in [0.25, 0.3) is 5.91 Å². The first kappa shape index (κ1) is 21.6. The lowest BCUT2D eigenvalue weighted by atomic mass is 10.1. The number of aryl methyl sites for hydroxylation is 2. The molecule has 1 saturated heterocycles. The van der Waals surface area contributed by atoms with Gasteiger partial charge in [-0.25, -0.2) is 4.98 Å². The largest absolute Gasteiger partial charge is 0.369 e. The van der Waals surface area contributed by atoms with E-state index in [4.69, 9.17) is 4.98 Å². The molecule has 7 nitrogen and oxygen atoms in total. The zero-order valence-electron chi connectivity index (χ0n) is 19.2. The number of carbonyl (C=O) groups excluding carboxylic acids is 1. The van der Waals surface area contributed by atoms with Crippen LogP contribution in [0.2, 0.25) is 0 Å². The summed E-state index contributed by atoms with van der Waals surface area (Å²) in [5, 5.41) is 10.4. The molecule has 4 heterocycles. The Morgan fingerprint density at radius 3 is 2.55 bits per heavy atom. The summed E-state index contributed by atoms with van der Waals surface area (Å²) in [5.41, 5.74) is 4.86. The van der Waals surface area contributed by atoms with Crippen LogP contribution >= 0.6 is 11.3 Å².